The van der Waals surface area contributed by atoms with Crippen molar-refractivity contribution in [2.45, 2.75) is 12.6 Å². The average Bonchev–Trinajstić information content (AvgIpc) is 2.59. The summed E-state index contributed by atoms with van der Waals surface area (Å²) in [5, 5.41) is 3.98. The van der Waals surface area contributed by atoms with Crippen LogP contribution in [0.1, 0.15) is 5.56 Å². The van der Waals surface area contributed by atoms with Crippen molar-refractivity contribution in [3.63, 3.8) is 0 Å². The molecule has 1 N–H and O–H groups in total. The lowest BCUT2D eigenvalue weighted by Gasteiger charge is -2.34. The largest absolute Gasteiger partial charge is 0.476 e. The number of hydrogen-bond donors (Lipinski definition) is 1. The predicted octanol–water partition coefficient (Wildman–Crippen LogP) is 3.49. The van der Waals surface area contributed by atoms with Crippen LogP contribution in [-0.4, -0.2) is 33.2 Å². The summed E-state index contributed by atoms with van der Waals surface area (Å²) < 4.78 is 31.1. The van der Waals surface area contributed by atoms with Crippen LogP contribution in [0.5, 0.6) is 5.75 Å². The average molecular weight is 450 g/mol. The Bertz CT molecular complexity index is 998. The van der Waals surface area contributed by atoms with Crippen LogP contribution < -0.4 is 14.4 Å². The van der Waals surface area contributed by atoms with Crippen LogP contribution in [0.3, 0.4) is 0 Å². The number of amides is 1. The van der Waals surface area contributed by atoms with Gasteiger partial charge in [0, 0.05) is 21.6 Å². The maximum atomic E-state index is 12.5. The molecule has 0 saturated carbocycles. The van der Waals surface area contributed by atoms with Gasteiger partial charge in [-0.15, -0.1) is 0 Å². The van der Waals surface area contributed by atoms with Gasteiger partial charge in [0.05, 0.1) is 18.5 Å². The van der Waals surface area contributed by atoms with Crippen LogP contribution in [0.25, 0.3) is 0 Å². The van der Waals surface area contributed by atoms with Gasteiger partial charge in [0.25, 0.3) is 5.91 Å². The van der Waals surface area contributed by atoms with Gasteiger partial charge in [-0.2, -0.15) is 0 Å². The number of ether oxygens (including phenoxy) is 1. The summed E-state index contributed by atoms with van der Waals surface area (Å²) in [6.07, 6.45) is 0.0466. The van der Waals surface area contributed by atoms with Crippen LogP contribution in [0, 0.1) is 0 Å². The van der Waals surface area contributed by atoms with E-state index in [1.165, 1.54) is 12.1 Å². The molecule has 27 heavy (non-hydrogen) atoms. The van der Waals surface area contributed by atoms with Gasteiger partial charge in [0.1, 0.15) is 5.75 Å². The van der Waals surface area contributed by atoms with E-state index >= 15 is 0 Å². The lowest BCUT2D eigenvalue weighted by Crippen LogP contribution is -2.50. The third-order valence-corrected chi connectivity index (χ3v) is 5.92. The molecule has 0 radical (unpaired) electrons. The fourth-order valence-electron chi connectivity index (χ4n) is 2.64. The highest BCUT2D eigenvalue weighted by atomic mass is 35.5. The second-order valence-corrected chi connectivity index (χ2v) is 9.15. The molecule has 10 heteroatoms. The minimum atomic E-state index is -3.62. The predicted molar refractivity (Wildman–Crippen MR) is 106 cm³/mol. The molecular weight excluding hydrogens is 435 g/mol. The molecule has 144 valence electrons. The number of anilines is 1. The Labute approximate surface area is 172 Å². The Hall–Kier alpha value is -1.67. The normalized spacial score (nSPS) is 16.4. The zero-order chi connectivity index (χ0) is 19.8. The molecule has 1 amide bonds. The van der Waals surface area contributed by atoms with Crippen molar-refractivity contribution < 1.29 is 17.9 Å². The molecule has 3 rings (SSSR count). The summed E-state index contributed by atoms with van der Waals surface area (Å²) >= 11 is 17.9. The van der Waals surface area contributed by atoms with Gasteiger partial charge in [-0.25, -0.2) is 8.42 Å². The topological polar surface area (TPSA) is 75.7 Å². The van der Waals surface area contributed by atoms with E-state index in [0.29, 0.717) is 26.3 Å². The van der Waals surface area contributed by atoms with Crippen molar-refractivity contribution in [1.29, 1.82) is 0 Å². The lowest BCUT2D eigenvalue weighted by atomic mass is 10.2. The van der Waals surface area contributed by atoms with E-state index in [-0.39, 0.29) is 18.8 Å². The zero-order valence-electron chi connectivity index (χ0n) is 14.1. The zero-order valence-corrected chi connectivity index (χ0v) is 17.2. The highest BCUT2D eigenvalue weighted by Gasteiger charge is 2.35. The van der Waals surface area contributed by atoms with E-state index in [4.69, 9.17) is 39.5 Å². The molecular formula is C17H15Cl3N2O4S. The number of rotatable bonds is 4. The van der Waals surface area contributed by atoms with Gasteiger partial charge in [-0.05, 0) is 35.9 Å². The van der Waals surface area contributed by atoms with Crippen LogP contribution in [0.4, 0.5) is 5.69 Å². The fourth-order valence-corrected chi connectivity index (χ4v) is 4.18. The van der Waals surface area contributed by atoms with Crippen LogP contribution >= 0.6 is 34.8 Å². The van der Waals surface area contributed by atoms with Gasteiger partial charge in [0.15, 0.2) is 6.10 Å². The van der Waals surface area contributed by atoms with E-state index in [1.54, 1.807) is 24.3 Å². The highest BCUT2D eigenvalue weighted by molar-refractivity contribution is 7.92. The molecule has 2 aromatic rings. The first kappa shape index (κ1) is 20.1. The number of halogens is 3. The Morgan fingerprint density at radius 2 is 1.85 bits per heavy atom. The number of benzene rings is 2. The first-order chi connectivity index (χ1) is 12.6. The van der Waals surface area contributed by atoms with Gasteiger partial charge >= 0.3 is 0 Å². The third kappa shape index (κ3) is 4.60. The lowest BCUT2D eigenvalue weighted by molar-refractivity contribution is -0.127. The number of fused-ring (bicyclic) bond motifs is 1. The van der Waals surface area contributed by atoms with E-state index in [0.717, 1.165) is 10.6 Å². The minimum Gasteiger partial charge on any atom is -0.476 e. The number of nitrogens with one attached hydrogen (secondary N) is 1. The van der Waals surface area contributed by atoms with Crippen molar-refractivity contribution in [3.8, 4) is 5.75 Å². The number of nitrogens with zero attached hydrogens (tertiary/aromatic N) is 1. The molecule has 0 fully saturated rings. The summed E-state index contributed by atoms with van der Waals surface area (Å²) in [5.74, 6) is -0.198. The quantitative estimate of drug-likeness (QED) is 0.775. The fraction of sp³-hybridized carbons (Fsp3) is 0.235. The minimum absolute atomic E-state index is 0.154. The number of carbonyl (C=O) groups is 1. The maximum absolute atomic E-state index is 12.5. The van der Waals surface area contributed by atoms with Gasteiger partial charge in [-0.3, -0.25) is 9.10 Å². The Balaban J connectivity index is 1.78. The number of carbonyl (C=O) groups excluding carboxylic acids is 1. The monoisotopic (exact) mass is 448 g/mol. The first-order valence-corrected chi connectivity index (χ1v) is 10.8. The van der Waals surface area contributed by atoms with E-state index in [9.17, 15) is 13.2 Å². The molecule has 1 aliphatic heterocycles. The molecule has 2 aromatic carbocycles. The van der Waals surface area contributed by atoms with Crippen molar-refractivity contribution in [2.24, 2.45) is 0 Å². The Kier molecular flexibility index (Phi) is 5.76. The third-order valence-electron chi connectivity index (χ3n) is 3.95. The summed E-state index contributed by atoms with van der Waals surface area (Å²) in [6, 6.07) is 9.52. The summed E-state index contributed by atoms with van der Waals surface area (Å²) in [5.41, 5.74) is 0.979. The smallest absolute Gasteiger partial charge is 0.263 e. The van der Waals surface area contributed by atoms with E-state index in [1.807, 2.05) is 0 Å². The second-order valence-electron chi connectivity index (χ2n) is 5.97. The summed E-state index contributed by atoms with van der Waals surface area (Å²) in [4.78, 5) is 12.5. The maximum Gasteiger partial charge on any atom is 0.263 e. The Morgan fingerprint density at radius 1 is 1.19 bits per heavy atom. The molecule has 0 spiro atoms. The number of hydrogen-bond acceptors (Lipinski definition) is 4. The first-order valence-electron chi connectivity index (χ1n) is 7.80. The molecule has 1 atom stereocenters. The molecule has 1 unspecified atom stereocenters. The van der Waals surface area contributed by atoms with E-state index in [2.05, 4.69) is 5.32 Å². The van der Waals surface area contributed by atoms with Crippen LogP contribution in [0.15, 0.2) is 36.4 Å². The molecule has 0 saturated heterocycles. The molecule has 0 aromatic heterocycles. The molecule has 0 bridgehead atoms. The van der Waals surface area contributed by atoms with Crippen LogP contribution in [0.2, 0.25) is 15.1 Å². The van der Waals surface area contributed by atoms with Gasteiger partial charge < -0.3 is 10.1 Å². The molecule has 0 aliphatic carbocycles. The van der Waals surface area contributed by atoms with Crippen LogP contribution in [-0.2, 0) is 21.4 Å². The molecule has 6 nitrogen and oxygen atoms in total. The van der Waals surface area contributed by atoms with E-state index < -0.39 is 22.0 Å². The standard InChI is InChI=1S/C17H15Cl3N2O4S/c1-27(24,25)22-9-16(26-15-5-4-12(19)7-14(15)22)17(23)21-8-10-2-3-11(18)6-13(10)20/h2-7,16H,8-9H2,1H3,(H,21,23). The highest BCUT2D eigenvalue weighted by Crippen LogP contribution is 2.37. The molecule has 1 aliphatic rings. The van der Waals surface area contributed by atoms with Gasteiger partial charge in [-0.1, -0.05) is 40.9 Å². The second kappa shape index (κ2) is 7.75. The number of sulfonamides is 1. The summed E-state index contributed by atoms with van der Waals surface area (Å²) in [6.45, 7) is -0.00654. The summed E-state index contributed by atoms with van der Waals surface area (Å²) in [7, 11) is -3.62. The van der Waals surface area contributed by atoms with Crippen molar-refractivity contribution in [3.05, 3.63) is 57.0 Å². The van der Waals surface area contributed by atoms with Crippen molar-refractivity contribution in [2.75, 3.05) is 17.1 Å². The Morgan fingerprint density at radius 3 is 2.52 bits per heavy atom. The molecule has 1 heterocycles. The van der Waals surface area contributed by atoms with Crippen molar-refractivity contribution in [1.82, 2.24) is 5.32 Å². The SMILES string of the molecule is CS(=O)(=O)N1CC(C(=O)NCc2ccc(Cl)cc2Cl)Oc2ccc(Cl)cc21. The van der Waals surface area contributed by atoms with Gasteiger partial charge in [0.2, 0.25) is 10.0 Å². The van der Waals surface area contributed by atoms with Crippen molar-refractivity contribution >= 4 is 56.4 Å².